The largest absolute Gasteiger partial charge is 0.379 e. The van der Waals surface area contributed by atoms with Gasteiger partial charge in [-0.3, -0.25) is 14.6 Å². The zero-order chi connectivity index (χ0) is 16.1. The molecule has 3 rings (SSSR count). The van der Waals surface area contributed by atoms with Crippen molar-refractivity contribution in [2.75, 3.05) is 53.0 Å². The van der Waals surface area contributed by atoms with E-state index in [-0.39, 0.29) is 0 Å². The average Bonchev–Trinajstić information content (AvgIpc) is 3.22. The first-order chi connectivity index (χ1) is 11.3. The van der Waals surface area contributed by atoms with E-state index in [9.17, 15) is 0 Å². The molecule has 0 radical (unpaired) electrons. The van der Waals surface area contributed by atoms with Crippen LogP contribution in [-0.2, 0) is 11.3 Å². The lowest BCUT2D eigenvalue weighted by molar-refractivity contribution is 0.0195. The van der Waals surface area contributed by atoms with E-state index < -0.39 is 0 Å². The third-order valence-corrected chi connectivity index (χ3v) is 4.62. The Morgan fingerprint density at radius 1 is 1.39 bits per heavy atom. The van der Waals surface area contributed by atoms with Crippen LogP contribution in [-0.4, -0.2) is 84.6 Å². The molecule has 1 aromatic rings. The second-order valence-electron chi connectivity index (χ2n) is 6.29. The van der Waals surface area contributed by atoms with Gasteiger partial charge in [0.15, 0.2) is 5.96 Å². The van der Waals surface area contributed by atoms with E-state index in [1.807, 2.05) is 17.9 Å². The summed E-state index contributed by atoms with van der Waals surface area (Å²) in [6.07, 6.45) is 5.16. The number of nitrogens with zero attached hydrogens (tertiary/aromatic N) is 5. The van der Waals surface area contributed by atoms with Crippen molar-refractivity contribution in [1.29, 1.82) is 0 Å². The van der Waals surface area contributed by atoms with Gasteiger partial charge < -0.3 is 15.0 Å². The number of nitrogens with one attached hydrogen (secondary N) is 1. The van der Waals surface area contributed by atoms with E-state index in [0.29, 0.717) is 6.04 Å². The predicted molar refractivity (Wildman–Crippen MR) is 90.7 cm³/mol. The molecule has 7 nitrogen and oxygen atoms in total. The second-order valence-corrected chi connectivity index (χ2v) is 6.29. The van der Waals surface area contributed by atoms with Crippen molar-refractivity contribution >= 4 is 5.96 Å². The minimum Gasteiger partial charge on any atom is -0.379 e. The van der Waals surface area contributed by atoms with E-state index in [0.717, 1.165) is 58.4 Å². The molecule has 128 valence electrons. The van der Waals surface area contributed by atoms with E-state index >= 15 is 0 Å². The number of likely N-dealkylation sites (tertiary alicyclic amines) is 1. The number of morpholine rings is 1. The van der Waals surface area contributed by atoms with Crippen molar-refractivity contribution < 1.29 is 4.74 Å². The lowest BCUT2D eigenvalue weighted by Gasteiger charge is -2.32. The van der Waals surface area contributed by atoms with Crippen molar-refractivity contribution in [1.82, 2.24) is 24.9 Å². The van der Waals surface area contributed by atoms with Crippen LogP contribution in [0.1, 0.15) is 12.0 Å². The first-order valence-corrected chi connectivity index (χ1v) is 8.52. The van der Waals surface area contributed by atoms with Gasteiger partial charge in [0.1, 0.15) is 0 Å². The summed E-state index contributed by atoms with van der Waals surface area (Å²) in [5.74, 6) is 1.00. The number of hydrogen-bond donors (Lipinski definition) is 1. The Hall–Kier alpha value is -1.60. The summed E-state index contributed by atoms with van der Waals surface area (Å²) >= 11 is 0. The van der Waals surface area contributed by atoms with Crippen molar-refractivity contribution in [3.05, 3.63) is 18.0 Å². The number of aryl methyl sites for hydroxylation is 1. The van der Waals surface area contributed by atoms with Crippen LogP contribution in [0.15, 0.2) is 17.4 Å². The molecule has 1 unspecified atom stereocenters. The van der Waals surface area contributed by atoms with Gasteiger partial charge in [-0.15, -0.1) is 0 Å². The number of ether oxygens (including phenoxy) is 1. The van der Waals surface area contributed by atoms with Gasteiger partial charge in [-0.25, -0.2) is 0 Å². The Balaban J connectivity index is 1.45. The maximum atomic E-state index is 5.45. The van der Waals surface area contributed by atoms with Crippen LogP contribution in [0.25, 0.3) is 0 Å². The fourth-order valence-corrected chi connectivity index (χ4v) is 3.38. The molecule has 1 N–H and O–H groups in total. The van der Waals surface area contributed by atoms with E-state index in [4.69, 9.17) is 4.74 Å². The fourth-order valence-electron chi connectivity index (χ4n) is 3.38. The number of aromatic nitrogens is 2. The van der Waals surface area contributed by atoms with Gasteiger partial charge in [-0.05, 0) is 18.9 Å². The predicted octanol–water partition coefficient (Wildman–Crippen LogP) is 0.173. The zero-order valence-corrected chi connectivity index (χ0v) is 14.2. The quantitative estimate of drug-likeness (QED) is 0.633. The van der Waals surface area contributed by atoms with Crippen LogP contribution in [0.4, 0.5) is 0 Å². The molecule has 0 spiro atoms. The summed E-state index contributed by atoms with van der Waals surface area (Å²) < 4.78 is 7.42. The van der Waals surface area contributed by atoms with E-state index in [2.05, 4.69) is 38.3 Å². The summed E-state index contributed by atoms with van der Waals surface area (Å²) in [6, 6.07) is 0.631. The summed E-state index contributed by atoms with van der Waals surface area (Å²) in [6.45, 7) is 9.74. The number of rotatable bonds is 4. The highest BCUT2D eigenvalue weighted by Crippen LogP contribution is 2.16. The molecule has 7 heteroatoms. The molecule has 23 heavy (non-hydrogen) atoms. The summed E-state index contributed by atoms with van der Waals surface area (Å²) in [5.41, 5.74) is 1.20. The molecule has 2 saturated heterocycles. The smallest absolute Gasteiger partial charge is 0.193 e. The lowest BCUT2D eigenvalue weighted by atomic mass is 10.2. The minimum atomic E-state index is 0.631. The van der Waals surface area contributed by atoms with Crippen LogP contribution < -0.4 is 5.32 Å². The third kappa shape index (κ3) is 4.23. The Kier molecular flexibility index (Phi) is 5.51. The van der Waals surface area contributed by atoms with Crippen LogP contribution in [0.2, 0.25) is 0 Å². The first-order valence-electron chi connectivity index (χ1n) is 8.52. The van der Waals surface area contributed by atoms with Crippen LogP contribution in [0, 0.1) is 6.92 Å². The van der Waals surface area contributed by atoms with Gasteiger partial charge >= 0.3 is 0 Å². The van der Waals surface area contributed by atoms with Crippen LogP contribution in [0.5, 0.6) is 0 Å². The highest BCUT2D eigenvalue weighted by molar-refractivity contribution is 5.80. The highest BCUT2D eigenvalue weighted by atomic mass is 16.5. The lowest BCUT2D eigenvalue weighted by Crippen LogP contribution is -2.47. The Labute approximate surface area is 138 Å². The van der Waals surface area contributed by atoms with Gasteiger partial charge in [0.25, 0.3) is 0 Å². The fraction of sp³-hybridized carbons (Fsp3) is 0.750. The second kappa shape index (κ2) is 7.79. The molecule has 0 amide bonds. The zero-order valence-electron chi connectivity index (χ0n) is 14.2. The van der Waals surface area contributed by atoms with Crippen LogP contribution in [0.3, 0.4) is 0 Å². The SMILES string of the molecule is CN=C(NCCn1cc(C)cn1)N1CCC(N2CCOCC2)C1. The standard InChI is InChI=1S/C16H28N6O/c1-14-11-19-22(12-14)6-4-18-16(17-2)21-5-3-15(13-21)20-7-9-23-10-8-20/h11-12,15H,3-10,13H2,1-2H3,(H,17,18). The topological polar surface area (TPSA) is 57.9 Å². The maximum Gasteiger partial charge on any atom is 0.193 e. The van der Waals surface area contributed by atoms with Gasteiger partial charge in [-0.2, -0.15) is 5.10 Å². The van der Waals surface area contributed by atoms with Crippen molar-refractivity contribution in [2.24, 2.45) is 4.99 Å². The Morgan fingerprint density at radius 2 is 2.22 bits per heavy atom. The number of hydrogen-bond acceptors (Lipinski definition) is 4. The third-order valence-electron chi connectivity index (χ3n) is 4.62. The molecule has 0 saturated carbocycles. The average molecular weight is 320 g/mol. The van der Waals surface area contributed by atoms with Gasteiger partial charge in [0, 0.05) is 52.0 Å². The molecule has 2 aliphatic heterocycles. The number of aliphatic imine (C=N–C) groups is 1. The van der Waals surface area contributed by atoms with E-state index in [1.165, 1.54) is 12.0 Å². The molecule has 0 aliphatic carbocycles. The van der Waals surface area contributed by atoms with Crippen LogP contribution >= 0.6 is 0 Å². The normalized spacial score (nSPS) is 23.5. The summed E-state index contributed by atoms with van der Waals surface area (Å²) in [4.78, 5) is 9.37. The summed E-state index contributed by atoms with van der Waals surface area (Å²) in [5, 5.41) is 7.78. The van der Waals surface area contributed by atoms with Gasteiger partial charge in [0.05, 0.1) is 26.0 Å². The molecule has 0 aromatic carbocycles. The molecule has 3 heterocycles. The first kappa shape index (κ1) is 16.3. The van der Waals surface area contributed by atoms with E-state index in [1.54, 1.807) is 0 Å². The minimum absolute atomic E-state index is 0.631. The van der Waals surface area contributed by atoms with Crippen molar-refractivity contribution in [3.8, 4) is 0 Å². The molecule has 2 aliphatic rings. The summed E-state index contributed by atoms with van der Waals surface area (Å²) in [7, 11) is 1.86. The molecular formula is C16H28N6O. The highest BCUT2D eigenvalue weighted by Gasteiger charge is 2.30. The van der Waals surface area contributed by atoms with Gasteiger partial charge in [-0.1, -0.05) is 0 Å². The molecule has 1 atom stereocenters. The molecule has 2 fully saturated rings. The Morgan fingerprint density at radius 3 is 2.91 bits per heavy atom. The Bertz CT molecular complexity index is 522. The maximum absolute atomic E-state index is 5.45. The number of guanidine groups is 1. The van der Waals surface area contributed by atoms with Crippen molar-refractivity contribution in [2.45, 2.75) is 25.9 Å². The van der Waals surface area contributed by atoms with Crippen molar-refractivity contribution in [3.63, 3.8) is 0 Å². The monoisotopic (exact) mass is 320 g/mol. The molecule has 0 bridgehead atoms. The van der Waals surface area contributed by atoms with Gasteiger partial charge in [0.2, 0.25) is 0 Å². The molecular weight excluding hydrogens is 292 g/mol. The molecule has 1 aromatic heterocycles.